The van der Waals surface area contributed by atoms with E-state index in [1.54, 1.807) is 26.4 Å². The number of hydrogen-bond acceptors (Lipinski definition) is 4. The Morgan fingerprint density at radius 3 is 2.53 bits per heavy atom. The number of benzene rings is 1. The van der Waals surface area contributed by atoms with Crippen LogP contribution in [0.2, 0.25) is 0 Å². The van der Waals surface area contributed by atoms with E-state index >= 15 is 0 Å². The topological polar surface area (TPSA) is 54.3 Å². The molecule has 17 heavy (non-hydrogen) atoms. The molecule has 1 aromatic rings. The lowest BCUT2D eigenvalue weighted by Gasteiger charge is -2.22. The molecule has 0 aliphatic carbocycles. The molecule has 0 aliphatic rings. The molecular formula is C13H18N2O2. The van der Waals surface area contributed by atoms with Crippen LogP contribution in [0.3, 0.4) is 0 Å². The van der Waals surface area contributed by atoms with Crippen LogP contribution in [-0.2, 0) is 4.74 Å². The van der Waals surface area contributed by atoms with Gasteiger partial charge in [0.1, 0.15) is 11.8 Å². The number of hydrogen-bond donors (Lipinski definition) is 1. The predicted molar refractivity (Wildman–Crippen MR) is 67.3 cm³/mol. The maximum Gasteiger partial charge on any atom is 0.143 e. The third-order valence-corrected chi connectivity index (χ3v) is 2.81. The Labute approximate surface area is 102 Å². The monoisotopic (exact) mass is 234 g/mol. The number of para-hydroxylation sites is 1. The summed E-state index contributed by atoms with van der Waals surface area (Å²) < 4.78 is 10.5. The van der Waals surface area contributed by atoms with E-state index in [9.17, 15) is 0 Å². The van der Waals surface area contributed by atoms with Crippen LogP contribution in [0.5, 0.6) is 5.75 Å². The fourth-order valence-electron chi connectivity index (χ4n) is 1.49. The van der Waals surface area contributed by atoms with Crippen LogP contribution >= 0.6 is 0 Å². The van der Waals surface area contributed by atoms with Gasteiger partial charge in [-0.1, -0.05) is 6.07 Å². The van der Waals surface area contributed by atoms with Crippen molar-refractivity contribution in [1.82, 2.24) is 0 Å². The Morgan fingerprint density at radius 2 is 2.00 bits per heavy atom. The Hall–Kier alpha value is -1.73. The molecule has 2 unspecified atom stereocenters. The molecule has 0 spiro atoms. The molecule has 1 aromatic carbocycles. The molecule has 0 saturated heterocycles. The van der Waals surface area contributed by atoms with Crippen molar-refractivity contribution in [3.63, 3.8) is 0 Å². The molecule has 0 fully saturated rings. The number of methoxy groups -OCH3 is 2. The van der Waals surface area contributed by atoms with E-state index in [1.165, 1.54) is 0 Å². The summed E-state index contributed by atoms with van der Waals surface area (Å²) in [6, 6.07) is 7.62. The van der Waals surface area contributed by atoms with Crippen molar-refractivity contribution in [1.29, 1.82) is 5.26 Å². The zero-order valence-corrected chi connectivity index (χ0v) is 10.7. The van der Waals surface area contributed by atoms with Crippen molar-refractivity contribution in [2.45, 2.75) is 26.0 Å². The van der Waals surface area contributed by atoms with Crippen molar-refractivity contribution in [2.75, 3.05) is 19.5 Å². The number of nitrogens with zero attached hydrogens (tertiary/aromatic N) is 1. The third kappa shape index (κ3) is 3.11. The number of nitriles is 1. The maximum absolute atomic E-state index is 9.07. The van der Waals surface area contributed by atoms with Crippen molar-refractivity contribution in [2.24, 2.45) is 0 Å². The molecular weight excluding hydrogens is 216 g/mol. The largest absolute Gasteiger partial charge is 0.495 e. The van der Waals surface area contributed by atoms with Crippen LogP contribution in [0.15, 0.2) is 18.2 Å². The lowest BCUT2D eigenvalue weighted by atomic mass is 10.1. The highest BCUT2D eigenvalue weighted by molar-refractivity contribution is 5.66. The van der Waals surface area contributed by atoms with E-state index < -0.39 is 0 Å². The average molecular weight is 234 g/mol. The summed E-state index contributed by atoms with van der Waals surface area (Å²) in [5, 5.41) is 12.3. The van der Waals surface area contributed by atoms with Gasteiger partial charge in [0, 0.05) is 13.2 Å². The van der Waals surface area contributed by atoms with Gasteiger partial charge in [0.2, 0.25) is 0 Å². The first-order valence-corrected chi connectivity index (χ1v) is 5.50. The molecule has 92 valence electrons. The second kappa shape index (κ2) is 6.12. The summed E-state index contributed by atoms with van der Waals surface area (Å²) in [6.07, 6.45) is 0.0476. The van der Waals surface area contributed by atoms with Crippen molar-refractivity contribution < 1.29 is 9.47 Å². The van der Waals surface area contributed by atoms with Gasteiger partial charge >= 0.3 is 0 Å². The van der Waals surface area contributed by atoms with E-state index in [4.69, 9.17) is 14.7 Å². The van der Waals surface area contributed by atoms with Gasteiger partial charge in [-0.3, -0.25) is 0 Å². The molecule has 0 heterocycles. The van der Waals surface area contributed by atoms with Gasteiger partial charge in [0.05, 0.1) is 24.5 Å². The Bertz CT molecular complexity index is 412. The van der Waals surface area contributed by atoms with Gasteiger partial charge in [-0.05, 0) is 26.0 Å². The molecule has 0 aliphatic heterocycles. The predicted octanol–water partition coefficient (Wildman–Crippen LogP) is 2.40. The first-order valence-electron chi connectivity index (χ1n) is 5.50. The molecule has 1 N–H and O–H groups in total. The minimum Gasteiger partial charge on any atom is -0.495 e. The molecule has 0 bridgehead atoms. The quantitative estimate of drug-likeness (QED) is 0.850. The van der Waals surface area contributed by atoms with Crippen LogP contribution in [0, 0.1) is 11.3 Å². The molecule has 0 amide bonds. The van der Waals surface area contributed by atoms with Crippen LogP contribution in [-0.4, -0.2) is 26.4 Å². The van der Waals surface area contributed by atoms with Crippen LogP contribution < -0.4 is 10.1 Å². The Balaban J connectivity index is 3.00. The zero-order chi connectivity index (χ0) is 12.8. The summed E-state index contributed by atoms with van der Waals surface area (Å²) in [7, 11) is 3.25. The number of rotatable bonds is 5. The summed E-state index contributed by atoms with van der Waals surface area (Å²) in [5.74, 6) is 0.666. The lowest BCUT2D eigenvalue weighted by molar-refractivity contribution is 0.106. The second-order valence-electron chi connectivity index (χ2n) is 3.87. The first-order chi connectivity index (χ1) is 8.13. The fourth-order valence-corrected chi connectivity index (χ4v) is 1.49. The highest BCUT2D eigenvalue weighted by Gasteiger charge is 2.15. The molecule has 0 radical (unpaired) electrons. The molecule has 2 atom stereocenters. The van der Waals surface area contributed by atoms with Crippen molar-refractivity contribution in [3.8, 4) is 11.8 Å². The summed E-state index contributed by atoms with van der Waals surface area (Å²) in [5.41, 5.74) is 1.29. The van der Waals surface area contributed by atoms with Gasteiger partial charge in [-0.2, -0.15) is 5.26 Å². The van der Waals surface area contributed by atoms with Gasteiger partial charge in [0.25, 0.3) is 0 Å². The molecule has 4 heteroatoms. The van der Waals surface area contributed by atoms with E-state index in [-0.39, 0.29) is 12.1 Å². The van der Waals surface area contributed by atoms with E-state index in [0.717, 1.165) is 0 Å². The highest BCUT2D eigenvalue weighted by atomic mass is 16.5. The van der Waals surface area contributed by atoms with Crippen LogP contribution in [0.1, 0.15) is 19.4 Å². The van der Waals surface area contributed by atoms with Crippen LogP contribution in [0.25, 0.3) is 0 Å². The normalized spacial score (nSPS) is 13.6. The van der Waals surface area contributed by atoms with Crippen LogP contribution in [0.4, 0.5) is 5.69 Å². The molecule has 0 saturated carbocycles. The minimum absolute atomic E-state index is 0.0476. The summed E-state index contributed by atoms with van der Waals surface area (Å²) in [4.78, 5) is 0. The Morgan fingerprint density at radius 1 is 1.29 bits per heavy atom. The van der Waals surface area contributed by atoms with Gasteiger partial charge in [0.15, 0.2) is 0 Å². The van der Waals surface area contributed by atoms with Gasteiger partial charge < -0.3 is 14.8 Å². The summed E-state index contributed by atoms with van der Waals surface area (Å²) >= 11 is 0. The molecule has 1 rings (SSSR count). The average Bonchev–Trinajstić information content (AvgIpc) is 2.37. The smallest absolute Gasteiger partial charge is 0.143 e. The third-order valence-electron chi connectivity index (χ3n) is 2.81. The molecule has 4 nitrogen and oxygen atoms in total. The van der Waals surface area contributed by atoms with Gasteiger partial charge in [-0.25, -0.2) is 0 Å². The van der Waals surface area contributed by atoms with E-state index in [0.29, 0.717) is 17.0 Å². The zero-order valence-electron chi connectivity index (χ0n) is 10.7. The Kier molecular flexibility index (Phi) is 4.80. The fraction of sp³-hybridized carbons (Fsp3) is 0.462. The van der Waals surface area contributed by atoms with Crippen molar-refractivity contribution in [3.05, 3.63) is 23.8 Å². The standard InChI is InChI=1S/C13H18N2O2/c1-9(10(2)16-3)15-13-11(8-14)6-5-7-12(13)17-4/h5-7,9-10,15H,1-4H3. The highest BCUT2D eigenvalue weighted by Crippen LogP contribution is 2.28. The number of nitrogens with one attached hydrogen (secondary N) is 1. The minimum atomic E-state index is 0.0476. The number of anilines is 1. The van der Waals surface area contributed by atoms with Crippen molar-refractivity contribution >= 4 is 5.69 Å². The summed E-state index contributed by atoms with van der Waals surface area (Å²) in [6.45, 7) is 3.97. The van der Waals surface area contributed by atoms with E-state index in [2.05, 4.69) is 11.4 Å². The first kappa shape index (κ1) is 13.3. The van der Waals surface area contributed by atoms with Gasteiger partial charge in [-0.15, -0.1) is 0 Å². The second-order valence-corrected chi connectivity index (χ2v) is 3.87. The SMILES string of the molecule is COc1cccc(C#N)c1NC(C)C(C)OC. The maximum atomic E-state index is 9.07. The lowest BCUT2D eigenvalue weighted by Crippen LogP contribution is -2.30. The molecule has 0 aromatic heterocycles. The number of ether oxygens (including phenoxy) is 2. The van der Waals surface area contributed by atoms with E-state index in [1.807, 2.05) is 19.9 Å².